The summed E-state index contributed by atoms with van der Waals surface area (Å²) in [6.45, 7) is 4.72. The SMILES string of the molecule is CCN1CCN(C(=O)c2c(F)ccc([N+](=O)[O-])c2F)CC1. The van der Waals surface area contributed by atoms with Crippen LogP contribution < -0.4 is 0 Å². The number of likely N-dealkylation sites (N-methyl/N-ethyl adjacent to an activating group) is 1. The van der Waals surface area contributed by atoms with E-state index in [1.807, 2.05) is 6.92 Å². The standard InChI is InChI=1S/C13H15F2N3O3/c1-2-16-5-7-17(8-6-16)13(19)11-9(14)3-4-10(12(11)15)18(20)21/h3-4H,2,5-8H2,1H3. The summed E-state index contributed by atoms with van der Waals surface area (Å²) >= 11 is 0. The van der Waals surface area contributed by atoms with Crippen molar-refractivity contribution in [2.75, 3.05) is 32.7 Å². The molecule has 1 aliphatic rings. The Morgan fingerprint density at radius 3 is 2.43 bits per heavy atom. The van der Waals surface area contributed by atoms with Gasteiger partial charge in [0.25, 0.3) is 5.91 Å². The van der Waals surface area contributed by atoms with Gasteiger partial charge in [-0.25, -0.2) is 4.39 Å². The van der Waals surface area contributed by atoms with Gasteiger partial charge < -0.3 is 9.80 Å². The van der Waals surface area contributed by atoms with Gasteiger partial charge in [-0.15, -0.1) is 0 Å². The number of rotatable bonds is 3. The van der Waals surface area contributed by atoms with E-state index < -0.39 is 33.7 Å². The highest BCUT2D eigenvalue weighted by molar-refractivity contribution is 5.95. The van der Waals surface area contributed by atoms with Crippen molar-refractivity contribution in [3.63, 3.8) is 0 Å². The molecule has 0 radical (unpaired) electrons. The number of nitrogens with zero attached hydrogens (tertiary/aromatic N) is 3. The van der Waals surface area contributed by atoms with Crippen molar-refractivity contribution in [2.24, 2.45) is 0 Å². The third kappa shape index (κ3) is 2.99. The Hall–Kier alpha value is -2.09. The lowest BCUT2D eigenvalue weighted by Crippen LogP contribution is -2.48. The predicted octanol–water partition coefficient (Wildman–Crippen LogP) is 1.65. The molecular formula is C13H15F2N3O3. The van der Waals surface area contributed by atoms with E-state index in [1.165, 1.54) is 4.90 Å². The summed E-state index contributed by atoms with van der Waals surface area (Å²) in [7, 11) is 0. The maximum Gasteiger partial charge on any atom is 0.305 e. The van der Waals surface area contributed by atoms with Gasteiger partial charge in [-0.3, -0.25) is 14.9 Å². The molecule has 1 fully saturated rings. The van der Waals surface area contributed by atoms with Crippen LogP contribution in [0.5, 0.6) is 0 Å². The summed E-state index contributed by atoms with van der Waals surface area (Å²) in [5.41, 5.74) is -1.75. The molecule has 0 saturated carbocycles. The molecule has 0 N–H and O–H groups in total. The van der Waals surface area contributed by atoms with Crippen LogP contribution in [0.4, 0.5) is 14.5 Å². The summed E-state index contributed by atoms with van der Waals surface area (Å²) in [4.78, 5) is 25.3. The van der Waals surface area contributed by atoms with Crippen LogP contribution in [0.15, 0.2) is 12.1 Å². The van der Waals surface area contributed by atoms with Crippen LogP contribution in [0.3, 0.4) is 0 Å². The molecule has 0 unspecified atom stereocenters. The Bertz CT molecular complexity index is 572. The molecule has 21 heavy (non-hydrogen) atoms. The second-order valence-electron chi connectivity index (χ2n) is 4.74. The summed E-state index contributed by atoms with van der Waals surface area (Å²) in [6.07, 6.45) is 0. The summed E-state index contributed by atoms with van der Waals surface area (Å²) in [6, 6.07) is 1.47. The van der Waals surface area contributed by atoms with E-state index in [2.05, 4.69) is 4.90 Å². The molecule has 1 amide bonds. The Labute approximate surface area is 120 Å². The first-order chi connectivity index (χ1) is 9.95. The normalized spacial score (nSPS) is 16.0. The number of carbonyl (C=O) groups is 1. The summed E-state index contributed by atoms with van der Waals surface area (Å²) < 4.78 is 27.7. The first kappa shape index (κ1) is 15.3. The molecule has 1 heterocycles. The fourth-order valence-corrected chi connectivity index (χ4v) is 2.30. The molecule has 1 aliphatic heterocycles. The fraction of sp³-hybridized carbons (Fsp3) is 0.462. The number of hydrogen-bond acceptors (Lipinski definition) is 4. The average Bonchev–Trinajstić information content (AvgIpc) is 2.46. The number of halogens is 2. The third-order valence-electron chi connectivity index (χ3n) is 3.59. The molecule has 0 aromatic heterocycles. The fourth-order valence-electron chi connectivity index (χ4n) is 2.30. The van der Waals surface area contributed by atoms with Crippen molar-refractivity contribution in [2.45, 2.75) is 6.92 Å². The predicted molar refractivity (Wildman–Crippen MR) is 71.0 cm³/mol. The lowest BCUT2D eigenvalue weighted by molar-refractivity contribution is -0.387. The first-order valence-corrected chi connectivity index (χ1v) is 6.59. The van der Waals surface area contributed by atoms with E-state index in [0.717, 1.165) is 18.7 Å². The number of amides is 1. The summed E-state index contributed by atoms with van der Waals surface area (Å²) in [5, 5.41) is 10.7. The molecule has 1 aromatic rings. The lowest BCUT2D eigenvalue weighted by atomic mass is 10.1. The highest BCUT2D eigenvalue weighted by Gasteiger charge is 2.30. The second-order valence-corrected chi connectivity index (χ2v) is 4.74. The van der Waals surface area contributed by atoms with Crippen LogP contribution in [0.2, 0.25) is 0 Å². The van der Waals surface area contributed by atoms with E-state index in [-0.39, 0.29) is 0 Å². The molecule has 1 saturated heterocycles. The number of piperazine rings is 1. The van der Waals surface area contributed by atoms with Crippen molar-refractivity contribution in [1.82, 2.24) is 9.80 Å². The molecule has 0 spiro atoms. The van der Waals surface area contributed by atoms with Crippen molar-refractivity contribution in [1.29, 1.82) is 0 Å². The van der Waals surface area contributed by atoms with E-state index in [0.29, 0.717) is 26.2 Å². The monoisotopic (exact) mass is 299 g/mol. The minimum atomic E-state index is -1.41. The van der Waals surface area contributed by atoms with Gasteiger partial charge in [-0.2, -0.15) is 4.39 Å². The topological polar surface area (TPSA) is 66.7 Å². The van der Waals surface area contributed by atoms with Gasteiger partial charge in [0.15, 0.2) is 0 Å². The zero-order valence-corrected chi connectivity index (χ0v) is 11.5. The van der Waals surface area contributed by atoms with E-state index >= 15 is 0 Å². The van der Waals surface area contributed by atoms with Gasteiger partial charge in [0, 0.05) is 32.2 Å². The van der Waals surface area contributed by atoms with Crippen LogP contribution in [-0.2, 0) is 0 Å². The van der Waals surface area contributed by atoms with Crippen LogP contribution >= 0.6 is 0 Å². The number of benzene rings is 1. The second kappa shape index (κ2) is 6.13. The molecule has 0 atom stereocenters. The molecule has 8 heteroatoms. The van der Waals surface area contributed by atoms with Gasteiger partial charge in [0.1, 0.15) is 11.4 Å². The highest BCUT2D eigenvalue weighted by atomic mass is 19.1. The van der Waals surface area contributed by atoms with Crippen LogP contribution in [0.25, 0.3) is 0 Å². The van der Waals surface area contributed by atoms with Crippen LogP contribution in [-0.4, -0.2) is 53.4 Å². The minimum absolute atomic E-state index is 0.342. The molecule has 114 valence electrons. The van der Waals surface area contributed by atoms with E-state index in [1.54, 1.807) is 0 Å². The zero-order valence-electron chi connectivity index (χ0n) is 11.5. The maximum atomic E-state index is 14.0. The highest BCUT2D eigenvalue weighted by Crippen LogP contribution is 2.24. The number of hydrogen-bond donors (Lipinski definition) is 0. The number of nitro benzene ring substituents is 1. The maximum absolute atomic E-state index is 14.0. The van der Waals surface area contributed by atoms with Gasteiger partial charge in [-0.1, -0.05) is 6.92 Å². The molecular weight excluding hydrogens is 284 g/mol. The Balaban J connectivity index is 2.27. The summed E-state index contributed by atoms with van der Waals surface area (Å²) in [5.74, 6) is -3.34. The molecule has 2 rings (SSSR count). The molecule has 0 bridgehead atoms. The largest absolute Gasteiger partial charge is 0.336 e. The average molecular weight is 299 g/mol. The van der Waals surface area contributed by atoms with Crippen molar-refractivity contribution in [3.05, 3.63) is 39.4 Å². The van der Waals surface area contributed by atoms with E-state index in [9.17, 15) is 23.7 Å². The van der Waals surface area contributed by atoms with Crippen LogP contribution in [0, 0.1) is 21.7 Å². The van der Waals surface area contributed by atoms with Crippen molar-refractivity contribution < 1.29 is 18.5 Å². The Morgan fingerprint density at radius 2 is 1.90 bits per heavy atom. The van der Waals surface area contributed by atoms with E-state index in [4.69, 9.17) is 0 Å². The van der Waals surface area contributed by atoms with Crippen molar-refractivity contribution in [3.8, 4) is 0 Å². The van der Waals surface area contributed by atoms with Gasteiger partial charge in [-0.05, 0) is 12.6 Å². The minimum Gasteiger partial charge on any atom is -0.336 e. The van der Waals surface area contributed by atoms with Crippen LogP contribution in [0.1, 0.15) is 17.3 Å². The molecule has 6 nitrogen and oxygen atoms in total. The van der Waals surface area contributed by atoms with Gasteiger partial charge in [0.2, 0.25) is 5.82 Å². The first-order valence-electron chi connectivity index (χ1n) is 6.59. The molecule has 1 aromatic carbocycles. The zero-order chi connectivity index (χ0) is 15.6. The third-order valence-corrected chi connectivity index (χ3v) is 3.59. The smallest absolute Gasteiger partial charge is 0.305 e. The van der Waals surface area contributed by atoms with Gasteiger partial charge >= 0.3 is 5.69 Å². The lowest BCUT2D eigenvalue weighted by Gasteiger charge is -2.34. The number of nitro groups is 1. The quantitative estimate of drug-likeness (QED) is 0.629. The Kier molecular flexibility index (Phi) is 4.46. The Morgan fingerprint density at radius 1 is 1.29 bits per heavy atom. The number of carbonyl (C=O) groups excluding carboxylic acids is 1. The van der Waals surface area contributed by atoms with Crippen molar-refractivity contribution >= 4 is 11.6 Å². The molecule has 0 aliphatic carbocycles. The van der Waals surface area contributed by atoms with Gasteiger partial charge in [0.05, 0.1) is 4.92 Å².